The summed E-state index contributed by atoms with van der Waals surface area (Å²) in [5, 5.41) is 4.82. The van der Waals surface area contributed by atoms with Crippen LogP contribution in [0.2, 0.25) is 0 Å². The van der Waals surface area contributed by atoms with Crippen molar-refractivity contribution in [3.8, 4) is 5.69 Å². The van der Waals surface area contributed by atoms with Gasteiger partial charge in [0.25, 0.3) is 5.56 Å². The van der Waals surface area contributed by atoms with E-state index in [0.717, 1.165) is 24.2 Å². The van der Waals surface area contributed by atoms with Gasteiger partial charge in [-0.3, -0.25) is 14.2 Å². The molecule has 1 aliphatic rings. The van der Waals surface area contributed by atoms with Gasteiger partial charge in [-0.15, -0.1) is 0 Å². The number of benzene rings is 2. The summed E-state index contributed by atoms with van der Waals surface area (Å²) in [5.74, 6) is 0.598. The lowest BCUT2D eigenvalue weighted by Crippen LogP contribution is -2.36. The van der Waals surface area contributed by atoms with Crippen molar-refractivity contribution in [2.45, 2.75) is 32.7 Å². The fraction of sp³-hybridized carbons (Fsp3) is 0.250. The second-order valence-electron chi connectivity index (χ2n) is 7.77. The number of aryl methyl sites for hydroxylation is 2. The molecule has 3 heterocycles. The Morgan fingerprint density at radius 2 is 1.84 bits per heavy atom. The van der Waals surface area contributed by atoms with Crippen molar-refractivity contribution in [3.63, 3.8) is 0 Å². The zero-order valence-corrected chi connectivity index (χ0v) is 17.4. The Kier molecular flexibility index (Phi) is 4.86. The standard InChI is InChI=1S/C24H23N5O2/c1-17-26-23-20(16-25-29(23)19-10-3-2-4-11-19)24(31)27(17)15-13-22(30)28-14-7-9-18-8-5-6-12-21(18)28/h2-6,8,10-12,16H,7,9,13-15H2,1H3. The van der Waals surface area contributed by atoms with E-state index in [9.17, 15) is 9.59 Å². The minimum atomic E-state index is -0.170. The van der Waals surface area contributed by atoms with Gasteiger partial charge in [0.05, 0.1) is 11.9 Å². The lowest BCUT2D eigenvalue weighted by Gasteiger charge is -2.29. The average molecular weight is 413 g/mol. The Balaban J connectivity index is 1.42. The first-order chi connectivity index (χ1) is 15.1. The lowest BCUT2D eigenvalue weighted by molar-refractivity contribution is -0.118. The molecule has 0 aliphatic carbocycles. The summed E-state index contributed by atoms with van der Waals surface area (Å²) in [4.78, 5) is 32.6. The van der Waals surface area contributed by atoms with Gasteiger partial charge in [-0.1, -0.05) is 36.4 Å². The van der Waals surface area contributed by atoms with Gasteiger partial charge >= 0.3 is 0 Å². The zero-order valence-electron chi connectivity index (χ0n) is 17.4. The highest BCUT2D eigenvalue weighted by atomic mass is 16.2. The fourth-order valence-corrected chi connectivity index (χ4v) is 4.26. The molecule has 0 atom stereocenters. The number of carbonyl (C=O) groups is 1. The molecule has 0 radical (unpaired) electrons. The Bertz CT molecular complexity index is 1320. The molecule has 0 N–H and O–H groups in total. The minimum Gasteiger partial charge on any atom is -0.312 e. The molecule has 31 heavy (non-hydrogen) atoms. The molecule has 2 aromatic carbocycles. The number of nitrogens with zero attached hydrogens (tertiary/aromatic N) is 5. The van der Waals surface area contributed by atoms with Crippen LogP contribution in [0.1, 0.15) is 24.2 Å². The quantitative estimate of drug-likeness (QED) is 0.515. The van der Waals surface area contributed by atoms with Crippen molar-refractivity contribution < 1.29 is 4.79 Å². The van der Waals surface area contributed by atoms with E-state index in [-0.39, 0.29) is 17.9 Å². The van der Waals surface area contributed by atoms with Crippen molar-refractivity contribution in [1.29, 1.82) is 0 Å². The SMILES string of the molecule is Cc1nc2c(cnn2-c2ccccc2)c(=O)n1CCC(=O)N1CCCc2ccccc21. The smallest absolute Gasteiger partial charge is 0.264 e. The van der Waals surface area contributed by atoms with E-state index in [2.05, 4.69) is 16.1 Å². The highest BCUT2D eigenvalue weighted by Gasteiger charge is 2.22. The highest BCUT2D eigenvalue weighted by molar-refractivity contribution is 5.94. The van der Waals surface area contributed by atoms with Crippen LogP contribution in [0.25, 0.3) is 16.7 Å². The third kappa shape index (κ3) is 3.42. The number of amides is 1. The molecule has 0 fully saturated rings. The summed E-state index contributed by atoms with van der Waals surface area (Å²) in [6.07, 6.45) is 3.74. The lowest BCUT2D eigenvalue weighted by atomic mass is 10.0. The topological polar surface area (TPSA) is 73.0 Å². The molecule has 0 saturated heterocycles. The predicted molar refractivity (Wildman–Crippen MR) is 120 cm³/mol. The number of rotatable bonds is 4. The summed E-state index contributed by atoms with van der Waals surface area (Å²) >= 11 is 0. The Hall–Kier alpha value is -3.74. The summed E-state index contributed by atoms with van der Waals surface area (Å²) in [6.45, 7) is 2.80. The van der Waals surface area contributed by atoms with E-state index in [0.29, 0.717) is 29.9 Å². The minimum absolute atomic E-state index is 0.0264. The number of anilines is 1. The van der Waals surface area contributed by atoms with Gasteiger partial charge < -0.3 is 4.90 Å². The van der Waals surface area contributed by atoms with Crippen molar-refractivity contribution in [2.24, 2.45) is 0 Å². The molecule has 4 aromatic rings. The van der Waals surface area contributed by atoms with Crippen LogP contribution in [0, 0.1) is 6.92 Å². The molecular formula is C24H23N5O2. The molecule has 2 aromatic heterocycles. The van der Waals surface area contributed by atoms with E-state index in [1.807, 2.05) is 53.4 Å². The van der Waals surface area contributed by atoms with Gasteiger partial charge in [0.2, 0.25) is 5.91 Å². The van der Waals surface area contributed by atoms with E-state index in [4.69, 9.17) is 0 Å². The van der Waals surface area contributed by atoms with Crippen molar-refractivity contribution in [2.75, 3.05) is 11.4 Å². The maximum absolute atomic E-state index is 13.1. The van der Waals surface area contributed by atoms with Crippen LogP contribution in [0.3, 0.4) is 0 Å². The first kappa shape index (κ1) is 19.2. The van der Waals surface area contributed by atoms with Gasteiger partial charge in [-0.2, -0.15) is 5.10 Å². The van der Waals surface area contributed by atoms with E-state index >= 15 is 0 Å². The van der Waals surface area contributed by atoms with Crippen LogP contribution < -0.4 is 10.5 Å². The van der Waals surface area contributed by atoms with Gasteiger partial charge in [-0.25, -0.2) is 9.67 Å². The molecule has 156 valence electrons. The second kappa shape index (κ2) is 7.83. The van der Waals surface area contributed by atoms with Crippen LogP contribution in [0.15, 0.2) is 65.6 Å². The molecule has 0 spiro atoms. The molecule has 1 aliphatic heterocycles. The first-order valence-electron chi connectivity index (χ1n) is 10.5. The molecule has 7 heteroatoms. The fourth-order valence-electron chi connectivity index (χ4n) is 4.26. The van der Waals surface area contributed by atoms with Gasteiger partial charge in [0, 0.05) is 25.2 Å². The van der Waals surface area contributed by atoms with E-state index in [1.54, 1.807) is 22.4 Å². The van der Waals surface area contributed by atoms with Crippen molar-refractivity contribution in [3.05, 3.63) is 82.5 Å². The molecular weight excluding hydrogens is 390 g/mol. The average Bonchev–Trinajstić information content (AvgIpc) is 3.23. The number of carbonyl (C=O) groups excluding carboxylic acids is 1. The zero-order chi connectivity index (χ0) is 21.4. The third-order valence-electron chi connectivity index (χ3n) is 5.84. The van der Waals surface area contributed by atoms with Crippen molar-refractivity contribution in [1.82, 2.24) is 19.3 Å². The van der Waals surface area contributed by atoms with Crippen LogP contribution in [-0.4, -0.2) is 31.8 Å². The number of aromatic nitrogens is 4. The number of fused-ring (bicyclic) bond motifs is 2. The summed E-state index contributed by atoms with van der Waals surface area (Å²) in [7, 11) is 0. The molecule has 0 saturated carbocycles. The number of hydrogen-bond acceptors (Lipinski definition) is 4. The number of hydrogen-bond donors (Lipinski definition) is 0. The van der Waals surface area contributed by atoms with Crippen LogP contribution in [0.5, 0.6) is 0 Å². The van der Waals surface area contributed by atoms with Crippen LogP contribution in [0.4, 0.5) is 5.69 Å². The summed E-state index contributed by atoms with van der Waals surface area (Å²) < 4.78 is 3.25. The van der Waals surface area contributed by atoms with E-state index < -0.39 is 0 Å². The second-order valence-corrected chi connectivity index (χ2v) is 7.77. The van der Waals surface area contributed by atoms with Crippen molar-refractivity contribution >= 4 is 22.6 Å². The molecule has 1 amide bonds. The highest BCUT2D eigenvalue weighted by Crippen LogP contribution is 2.27. The molecule has 0 bridgehead atoms. The van der Waals surface area contributed by atoms with Crippen LogP contribution >= 0.6 is 0 Å². The maximum atomic E-state index is 13.1. The Labute approximate surface area is 179 Å². The van der Waals surface area contributed by atoms with Gasteiger partial charge in [0.15, 0.2) is 5.65 Å². The Morgan fingerprint density at radius 3 is 2.68 bits per heavy atom. The number of para-hydroxylation sites is 2. The predicted octanol–water partition coefficient (Wildman–Crippen LogP) is 3.26. The largest absolute Gasteiger partial charge is 0.312 e. The first-order valence-corrected chi connectivity index (χ1v) is 10.5. The normalized spacial score (nSPS) is 13.4. The monoisotopic (exact) mass is 413 g/mol. The van der Waals surface area contributed by atoms with E-state index in [1.165, 1.54) is 5.56 Å². The summed E-state index contributed by atoms with van der Waals surface area (Å²) in [5.41, 5.74) is 3.39. The van der Waals surface area contributed by atoms with Crippen LogP contribution in [-0.2, 0) is 17.8 Å². The molecule has 7 nitrogen and oxygen atoms in total. The molecule has 5 rings (SSSR count). The Morgan fingerprint density at radius 1 is 1.06 bits per heavy atom. The third-order valence-corrected chi connectivity index (χ3v) is 5.84. The van der Waals surface area contributed by atoms with Gasteiger partial charge in [-0.05, 0) is 43.5 Å². The molecule has 0 unspecified atom stereocenters. The summed E-state index contributed by atoms with van der Waals surface area (Å²) in [6, 6.07) is 17.6. The maximum Gasteiger partial charge on any atom is 0.264 e. The van der Waals surface area contributed by atoms with Gasteiger partial charge in [0.1, 0.15) is 11.2 Å².